The van der Waals surface area contributed by atoms with Crippen LogP contribution in [0.25, 0.3) is 10.8 Å². The summed E-state index contributed by atoms with van der Waals surface area (Å²) in [6.45, 7) is 6.56. The number of hydrogen-bond acceptors (Lipinski definition) is 7. The summed E-state index contributed by atoms with van der Waals surface area (Å²) in [5.74, 6) is 1.51. The number of ether oxygens (including phenoxy) is 1. The fourth-order valence-corrected chi connectivity index (χ4v) is 5.02. The van der Waals surface area contributed by atoms with Gasteiger partial charge in [-0.2, -0.15) is 0 Å². The van der Waals surface area contributed by atoms with Crippen molar-refractivity contribution < 1.29 is 19.4 Å². The van der Waals surface area contributed by atoms with Crippen LogP contribution in [0.2, 0.25) is 0 Å². The maximum atomic E-state index is 12.0. The maximum absolute atomic E-state index is 12.0. The highest BCUT2D eigenvalue weighted by Crippen LogP contribution is 2.35. The molecule has 2 saturated heterocycles. The third kappa shape index (κ3) is 5.50. The largest absolute Gasteiger partial charge is 0.483 e. The molecular weight excluding hydrogens is 418 g/mol. The van der Waals surface area contributed by atoms with E-state index in [-0.39, 0.29) is 18.5 Å². The predicted molar refractivity (Wildman–Crippen MR) is 118 cm³/mol. The zero-order valence-electron chi connectivity index (χ0n) is 18.5. The van der Waals surface area contributed by atoms with Crippen molar-refractivity contribution in [1.29, 1.82) is 0 Å². The van der Waals surface area contributed by atoms with E-state index in [1.807, 2.05) is 6.20 Å². The number of rotatable bonds is 5. The molecule has 0 aliphatic carbocycles. The van der Waals surface area contributed by atoms with E-state index in [1.165, 1.54) is 0 Å². The Kier molecular flexibility index (Phi) is 7.79. The molecule has 2 aliphatic rings. The van der Waals surface area contributed by atoms with Gasteiger partial charge in [0.15, 0.2) is 10.8 Å². The van der Waals surface area contributed by atoms with E-state index in [0.717, 1.165) is 36.0 Å². The normalized spacial score (nSPS) is 23.2. The summed E-state index contributed by atoms with van der Waals surface area (Å²) in [7, 11) is 3.59. The van der Waals surface area contributed by atoms with Gasteiger partial charge in [-0.25, -0.2) is 9.97 Å². The van der Waals surface area contributed by atoms with Crippen LogP contribution in [0.1, 0.15) is 44.3 Å². The summed E-state index contributed by atoms with van der Waals surface area (Å²) in [6.07, 6.45) is 5.43. The minimum atomic E-state index is -0.250. The van der Waals surface area contributed by atoms with Crippen molar-refractivity contribution in [3.05, 3.63) is 23.5 Å². The second-order valence-electron chi connectivity index (χ2n) is 8.44. The molecule has 2 aromatic heterocycles. The molecule has 0 radical (unpaired) electrons. The lowest BCUT2D eigenvalue weighted by atomic mass is 10.1. The first kappa shape index (κ1) is 23.4. The van der Waals surface area contributed by atoms with E-state index in [9.17, 15) is 4.79 Å². The van der Waals surface area contributed by atoms with Crippen LogP contribution >= 0.6 is 11.3 Å². The van der Waals surface area contributed by atoms with Crippen molar-refractivity contribution in [2.75, 3.05) is 33.8 Å². The minimum absolute atomic E-state index is 0.0141. The molecule has 31 heavy (non-hydrogen) atoms. The number of nitrogens with zero attached hydrogens (tertiary/aromatic N) is 5. The Morgan fingerprint density at radius 1 is 1.39 bits per heavy atom. The van der Waals surface area contributed by atoms with Crippen molar-refractivity contribution in [3.63, 3.8) is 0 Å². The Hall–Kier alpha value is -2.30. The molecule has 170 valence electrons. The van der Waals surface area contributed by atoms with Crippen LogP contribution in [-0.2, 0) is 14.3 Å². The molecule has 1 N–H and O–H groups in total. The average Bonchev–Trinajstić information content (AvgIpc) is 3.45. The number of imidazole rings is 1. The molecule has 4 rings (SSSR count). The quantitative estimate of drug-likeness (QED) is 0.699. The summed E-state index contributed by atoms with van der Waals surface area (Å²) in [5, 5.41) is 10.0. The van der Waals surface area contributed by atoms with Gasteiger partial charge in [-0.1, -0.05) is 13.8 Å². The number of carboxylic acid groups (broad SMARTS) is 1. The minimum Gasteiger partial charge on any atom is -0.483 e. The Morgan fingerprint density at radius 3 is 2.77 bits per heavy atom. The third-order valence-electron chi connectivity index (χ3n) is 5.74. The predicted octanol–water partition coefficient (Wildman–Crippen LogP) is 2.32. The Bertz CT molecular complexity index is 881. The second kappa shape index (κ2) is 10.3. The van der Waals surface area contributed by atoms with Gasteiger partial charge in [0.05, 0.1) is 24.8 Å². The van der Waals surface area contributed by atoms with Crippen LogP contribution < -0.4 is 0 Å². The number of carbonyl (C=O) groups excluding carboxylic acids is 1. The number of carbonyl (C=O) groups is 2. The molecule has 0 bridgehead atoms. The van der Waals surface area contributed by atoms with E-state index in [2.05, 4.69) is 39.9 Å². The highest BCUT2D eigenvalue weighted by Gasteiger charge is 2.39. The topological polar surface area (TPSA) is 101 Å². The lowest BCUT2D eigenvalue weighted by Gasteiger charge is -2.35. The smallest absolute Gasteiger partial charge is 0.290 e. The molecule has 0 aromatic carbocycles. The summed E-state index contributed by atoms with van der Waals surface area (Å²) in [6, 6.07) is 0.772. The van der Waals surface area contributed by atoms with Gasteiger partial charge in [-0.3, -0.25) is 14.5 Å². The van der Waals surface area contributed by atoms with Crippen molar-refractivity contribution in [3.8, 4) is 10.8 Å². The van der Waals surface area contributed by atoms with Crippen LogP contribution in [0, 0.1) is 0 Å². The van der Waals surface area contributed by atoms with E-state index in [1.54, 1.807) is 30.3 Å². The van der Waals surface area contributed by atoms with Crippen LogP contribution in [-0.4, -0.2) is 87.8 Å². The van der Waals surface area contributed by atoms with E-state index in [0.29, 0.717) is 31.0 Å². The van der Waals surface area contributed by atoms with Gasteiger partial charge in [0.1, 0.15) is 0 Å². The first-order valence-electron chi connectivity index (χ1n) is 10.5. The van der Waals surface area contributed by atoms with E-state index >= 15 is 0 Å². The summed E-state index contributed by atoms with van der Waals surface area (Å²) >= 11 is 1.67. The maximum Gasteiger partial charge on any atom is 0.290 e. The zero-order chi connectivity index (χ0) is 22.5. The van der Waals surface area contributed by atoms with E-state index < -0.39 is 0 Å². The molecule has 0 unspecified atom stereocenters. The fourth-order valence-electron chi connectivity index (χ4n) is 4.05. The van der Waals surface area contributed by atoms with Crippen molar-refractivity contribution in [2.24, 2.45) is 0 Å². The standard InChI is InChI=1S/C20H29N5O2S.CH2O2/c1-13(2)17-12-28-20(22-17)19-21-5-6-25(19)14-7-15-11-27-16(10-24(15)9-14)8-18(26)23(3)4;2-1-3/h5-6,12-16H,7-11H2,1-4H3;1H,(H,2,3)/t14-,15+,16+;/m1./s1. The average molecular weight is 450 g/mol. The first-order valence-corrected chi connectivity index (χ1v) is 11.3. The van der Waals surface area contributed by atoms with Gasteiger partial charge in [0.2, 0.25) is 5.91 Å². The summed E-state index contributed by atoms with van der Waals surface area (Å²) in [5.41, 5.74) is 1.13. The number of aromatic nitrogens is 3. The second-order valence-corrected chi connectivity index (χ2v) is 9.30. The molecule has 10 heteroatoms. The molecule has 0 spiro atoms. The summed E-state index contributed by atoms with van der Waals surface area (Å²) in [4.78, 5) is 33.9. The van der Waals surface area contributed by atoms with Crippen molar-refractivity contribution >= 4 is 23.7 Å². The molecule has 2 aromatic rings. The van der Waals surface area contributed by atoms with Gasteiger partial charge in [-0.05, 0) is 12.3 Å². The number of amides is 1. The number of fused-ring (bicyclic) bond motifs is 1. The highest BCUT2D eigenvalue weighted by molar-refractivity contribution is 7.13. The lowest BCUT2D eigenvalue weighted by Crippen LogP contribution is -2.47. The molecular formula is C21H31N5O4S. The van der Waals surface area contributed by atoms with Crippen LogP contribution in [0.15, 0.2) is 17.8 Å². The first-order chi connectivity index (χ1) is 14.8. The molecule has 2 aliphatic heterocycles. The Balaban J connectivity index is 0.000000858. The van der Waals surface area contributed by atoms with Crippen LogP contribution in [0.4, 0.5) is 0 Å². The van der Waals surface area contributed by atoms with Gasteiger partial charge >= 0.3 is 0 Å². The van der Waals surface area contributed by atoms with Gasteiger partial charge < -0.3 is 19.3 Å². The molecule has 1 amide bonds. The molecule has 0 saturated carbocycles. The fraction of sp³-hybridized carbons (Fsp3) is 0.619. The van der Waals surface area contributed by atoms with Gasteiger partial charge in [0.25, 0.3) is 6.47 Å². The molecule has 3 atom stereocenters. The SMILES string of the molecule is CC(C)c1csc(-c2nccn2[C@@H]2C[C@H]3CO[C@@H](CC(=O)N(C)C)CN3C2)n1.O=CO. The molecule has 2 fully saturated rings. The van der Waals surface area contributed by atoms with Gasteiger partial charge in [-0.15, -0.1) is 11.3 Å². The Labute approximate surface area is 186 Å². The van der Waals surface area contributed by atoms with Crippen molar-refractivity contribution in [1.82, 2.24) is 24.3 Å². The third-order valence-corrected chi connectivity index (χ3v) is 6.59. The monoisotopic (exact) mass is 449 g/mol. The number of thiazole rings is 1. The van der Waals surface area contributed by atoms with Crippen LogP contribution in [0.3, 0.4) is 0 Å². The number of morpholine rings is 1. The van der Waals surface area contributed by atoms with Crippen molar-refractivity contribution in [2.45, 2.75) is 50.8 Å². The lowest BCUT2D eigenvalue weighted by molar-refractivity contribution is -0.134. The molecule has 4 heterocycles. The van der Waals surface area contributed by atoms with E-state index in [4.69, 9.17) is 19.6 Å². The molecule has 9 nitrogen and oxygen atoms in total. The highest BCUT2D eigenvalue weighted by atomic mass is 32.1. The number of hydrogen-bond donors (Lipinski definition) is 1. The Morgan fingerprint density at radius 2 is 2.13 bits per heavy atom. The van der Waals surface area contributed by atoms with Crippen LogP contribution in [0.5, 0.6) is 0 Å². The van der Waals surface area contributed by atoms with Gasteiger partial charge in [0, 0.05) is 57.0 Å². The zero-order valence-corrected chi connectivity index (χ0v) is 19.3. The summed E-state index contributed by atoms with van der Waals surface area (Å²) < 4.78 is 8.28.